The predicted molar refractivity (Wildman–Crippen MR) is 124 cm³/mol. The molecule has 3 aromatic rings. The molecule has 1 fully saturated rings. The van der Waals surface area contributed by atoms with Crippen LogP contribution in [0.4, 0.5) is 11.4 Å². The van der Waals surface area contributed by atoms with Gasteiger partial charge in [-0.15, -0.1) is 0 Å². The topological polar surface area (TPSA) is 62.1 Å². The Balaban J connectivity index is 1.76. The predicted octanol–water partition coefficient (Wildman–Crippen LogP) is 4.18. The van der Waals surface area contributed by atoms with Crippen LogP contribution in [-0.2, 0) is 16.0 Å². The van der Waals surface area contributed by atoms with E-state index in [1.54, 1.807) is 4.90 Å². The third-order valence-electron chi connectivity index (χ3n) is 5.25. The van der Waals surface area contributed by atoms with E-state index in [4.69, 9.17) is 9.73 Å². The minimum atomic E-state index is -1.81. The van der Waals surface area contributed by atoms with Crippen LogP contribution in [0.25, 0.3) is 0 Å². The summed E-state index contributed by atoms with van der Waals surface area (Å²) < 4.78 is 5.80. The molecule has 0 aliphatic carbocycles. The molecule has 1 saturated heterocycles. The second-order valence-electron chi connectivity index (χ2n) is 7.25. The van der Waals surface area contributed by atoms with Crippen molar-refractivity contribution in [3.8, 4) is 0 Å². The quantitative estimate of drug-likeness (QED) is 0.426. The SMILES string of the molecule is COC(=O)C1(O)C(CCc2ccccc2)[Se]C(=Nc2ccccc2)N1c1ccccc1. The zero-order chi connectivity index (χ0) is 21.7. The number of para-hydroxylation sites is 2. The van der Waals surface area contributed by atoms with Crippen molar-refractivity contribution in [2.24, 2.45) is 4.99 Å². The van der Waals surface area contributed by atoms with Crippen molar-refractivity contribution >= 4 is 37.0 Å². The van der Waals surface area contributed by atoms with Crippen LogP contribution < -0.4 is 4.90 Å². The van der Waals surface area contributed by atoms with Gasteiger partial charge in [-0.25, -0.2) is 0 Å². The van der Waals surface area contributed by atoms with Crippen molar-refractivity contribution in [3.63, 3.8) is 0 Å². The number of amidine groups is 1. The Hall–Kier alpha value is -2.92. The summed E-state index contributed by atoms with van der Waals surface area (Å²) in [6, 6.07) is 29.2. The normalized spacial score (nSPS) is 21.9. The van der Waals surface area contributed by atoms with E-state index in [0.717, 1.165) is 12.1 Å². The molecule has 31 heavy (non-hydrogen) atoms. The summed E-state index contributed by atoms with van der Waals surface area (Å²) in [5.74, 6) is -0.658. The molecule has 2 atom stereocenters. The number of rotatable bonds is 6. The average molecular weight is 479 g/mol. The fourth-order valence-corrected chi connectivity index (χ4v) is 6.56. The van der Waals surface area contributed by atoms with E-state index in [0.29, 0.717) is 16.8 Å². The molecule has 1 heterocycles. The molecule has 0 radical (unpaired) electrons. The number of hydrogen-bond donors (Lipinski definition) is 1. The molecular formula is C25H24N2O3Se. The molecule has 1 aliphatic rings. The summed E-state index contributed by atoms with van der Waals surface area (Å²) in [7, 11) is 1.32. The Kier molecular flexibility index (Phi) is 6.52. The van der Waals surface area contributed by atoms with E-state index < -0.39 is 11.7 Å². The molecule has 3 aromatic carbocycles. The van der Waals surface area contributed by atoms with Crippen LogP contribution in [0.5, 0.6) is 0 Å². The summed E-state index contributed by atoms with van der Waals surface area (Å²) in [6.45, 7) is 0. The van der Waals surface area contributed by atoms with Crippen molar-refractivity contribution in [3.05, 3.63) is 96.6 Å². The summed E-state index contributed by atoms with van der Waals surface area (Å²) >= 11 is -0.247. The second kappa shape index (κ2) is 9.48. The van der Waals surface area contributed by atoms with Crippen LogP contribution in [0.3, 0.4) is 0 Å². The van der Waals surface area contributed by atoms with Crippen molar-refractivity contribution in [2.45, 2.75) is 23.4 Å². The molecule has 0 saturated carbocycles. The molecule has 6 heteroatoms. The van der Waals surface area contributed by atoms with Gasteiger partial charge in [-0.3, -0.25) is 0 Å². The van der Waals surface area contributed by atoms with Gasteiger partial charge in [0.15, 0.2) is 0 Å². The number of carbonyl (C=O) groups excluding carboxylic acids is 1. The van der Waals surface area contributed by atoms with Gasteiger partial charge in [0.05, 0.1) is 0 Å². The Labute approximate surface area is 188 Å². The Morgan fingerprint density at radius 3 is 2.19 bits per heavy atom. The first-order valence-corrected chi connectivity index (χ1v) is 12.0. The van der Waals surface area contributed by atoms with Gasteiger partial charge in [0.2, 0.25) is 0 Å². The van der Waals surface area contributed by atoms with Gasteiger partial charge in [0.1, 0.15) is 0 Å². The van der Waals surface area contributed by atoms with E-state index in [1.807, 2.05) is 78.9 Å². The first-order valence-electron chi connectivity index (χ1n) is 10.1. The zero-order valence-corrected chi connectivity index (χ0v) is 18.9. The number of aliphatic hydroxyl groups is 1. The number of esters is 1. The van der Waals surface area contributed by atoms with Gasteiger partial charge < -0.3 is 0 Å². The zero-order valence-electron chi connectivity index (χ0n) is 17.2. The van der Waals surface area contributed by atoms with Gasteiger partial charge in [0, 0.05) is 0 Å². The van der Waals surface area contributed by atoms with Gasteiger partial charge in [0.25, 0.3) is 0 Å². The summed E-state index contributed by atoms with van der Waals surface area (Å²) in [5.41, 5.74) is 0.869. The second-order valence-corrected chi connectivity index (χ2v) is 9.70. The van der Waals surface area contributed by atoms with E-state index in [2.05, 4.69) is 12.1 Å². The first-order chi connectivity index (χ1) is 15.1. The van der Waals surface area contributed by atoms with Crippen LogP contribution in [0.15, 0.2) is 96.0 Å². The number of anilines is 1. The number of aryl methyl sites for hydroxylation is 1. The van der Waals surface area contributed by atoms with E-state index in [9.17, 15) is 9.90 Å². The monoisotopic (exact) mass is 480 g/mol. The molecule has 0 bridgehead atoms. The first kappa shape index (κ1) is 21.3. The summed E-state index contributed by atoms with van der Waals surface area (Å²) in [6.07, 6.45) is 1.40. The number of hydrogen-bond acceptors (Lipinski definition) is 4. The van der Waals surface area contributed by atoms with Gasteiger partial charge in [-0.2, -0.15) is 0 Å². The molecular weight excluding hydrogens is 455 g/mol. The van der Waals surface area contributed by atoms with Crippen LogP contribution in [0.1, 0.15) is 12.0 Å². The van der Waals surface area contributed by atoms with Crippen LogP contribution >= 0.6 is 0 Å². The van der Waals surface area contributed by atoms with Gasteiger partial charge in [-0.05, 0) is 0 Å². The van der Waals surface area contributed by atoms with Crippen molar-refractivity contribution in [1.29, 1.82) is 0 Å². The number of methoxy groups -OCH3 is 1. The molecule has 0 aromatic heterocycles. The van der Waals surface area contributed by atoms with Crippen molar-refractivity contribution in [2.75, 3.05) is 12.0 Å². The molecule has 0 spiro atoms. The van der Waals surface area contributed by atoms with E-state index >= 15 is 0 Å². The van der Waals surface area contributed by atoms with E-state index in [1.165, 1.54) is 12.7 Å². The van der Waals surface area contributed by atoms with Gasteiger partial charge in [-0.1, -0.05) is 0 Å². The Morgan fingerprint density at radius 1 is 1.00 bits per heavy atom. The van der Waals surface area contributed by atoms with Crippen LogP contribution in [0.2, 0.25) is 4.82 Å². The summed E-state index contributed by atoms with van der Waals surface area (Å²) in [4.78, 5) is 19.2. The Bertz CT molecular complexity index is 1040. The third kappa shape index (κ3) is 4.42. The molecule has 1 N–H and O–H groups in total. The van der Waals surface area contributed by atoms with Crippen LogP contribution in [-0.4, -0.2) is 43.6 Å². The maximum absolute atomic E-state index is 13.0. The minimum absolute atomic E-state index is 0.247. The fourth-order valence-electron chi connectivity index (χ4n) is 3.70. The van der Waals surface area contributed by atoms with Crippen molar-refractivity contribution in [1.82, 2.24) is 0 Å². The Morgan fingerprint density at radius 2 is 1.58 bits per heavy atom. The maximum atomic E-state index is 13.0. The summed E-state index contributed by atoms with van der Waals surface area (Å²) in [5, 5.41) is 11.8. The molecule has 2 unspecified atom stereocenters. The number of carbonyl (C=O) groups is 1. The number of nitrogens with zero attached hydrogens (tertiary/aromatic N) is 2. The number of ether oxygens (including phenoxy) is 1. The molecule has 0 amide bonds. The number of benzene rings is 3. The average Bonchev–Trinajstić information content (AvgIpc) is 3.11. The molecule has 1 aliphatic heterocycles. The van der Waals surface area contributed by atoms with Crippen LogP contribution in [0, 0.1) is 0 Å². The molecule has 4 rings (SSSR count). The van der Waals surface area contributed by atoms with E-state index in [-0.39, 0.29) is 19.8 Å². The standard InChI is InChI=1S/C25H24N2O3Se/c1-30-23(28)25(29)22(18-17-19-11-5-2-6-12-19)31-24(26-20-13-7-3-8-14-20)27(25)21-15-9-4-10-16-21/h2-16,22,29H,17-18H2,1H3. The van der Waals surface area contributed by atoms with Crippen molar-refractivity contribution < 1.29 is 14.6 Å². The molecule has 5 nitrogen and oxygen atoms in total. The molecule has 158 valence electrons. The number of aliphatic imine (C=N–C) groups is 1. The fraction of sp³-hybridized carbons (Fsp3) is 0.200. The third-order valence-corrected chi connectivity index (χ3v) is 8.05. The van der Waals surface area contributed by atoms with Gasteiger partial charge >= 0.3 is 189 Å².